The molecule has 1 unspecified atom stereocenters. The molecule has 5 nitrogen and oxygen atoms in total. The van der Waals surface area contributed by atoms with Crippen molar-refractivity contribution in [1.82, 2.24) is 9.78 Å². The van der Waals surface area contributed by atoms with Crippen LogP contribution >= 0.6 is 0 Å². The molecule has 0 saturated heterocycles. The van der Waals surface area contributed by atoms with Gasteiger partial charge in [0.1, 0.15) is 0 Å². The molecule has 1 aromatic carbocycles. The molecule has 1 amide bonds. The van der Waals surface area contributed by atoms with Crippen LogP contribution in [0.3, 0.4) is 0 Å². The number of carbonyl (C=O) groups excluding carboxylic acids is 1. The topological polar surface area (TPSA) is 72.9 Å². The van der Waals surface area contributed by atoms with E-state index in [1.807, 2.05) is 29.1 Å². The van der Waals surface area contributed by atoms with E-state index >= 15 is 0 Å². The van der Waals surface area contributed by atoms with E-state index in [2.05, 4.69) is 43.3 Å². The largest absolute Gasteiger partial charge is 0.330 e. The normalized spacial score (nSPS) is 12.8. The third-order valence-corrected chi connectivity index (χ3v) is 4.56. The van der Waals surface area contributed by atoms with Gasteiger partial charge in [-0.15, -0.1) is 0 Å². The smallest absolute Gasteiger partial charge is 0.224 e. The fraction of sp³-hybridized carbons (Fsp3) is 0.500. The van der Waals surface area contributed by atoms with E-state index in [1.165, 1.54) is 5.56 Å². The van der Waals surface area contributed by atoms with Crippen molar-refractivity contribution in [3.05, 3.63) is 48.3 Å². The summed E-state index contributed by atoms with van der Waals surface area (Å²) >= 11 is 0. The first-order valence-electron chi connectivity index (χ1n) is 8.95. The predicted octanol–water partition coefficient (Wildman–Crippen LogP) is 3.66. The lowest BCUT2D eigenvalue weighted by atomic mass is 9.76. The summed E-state index contributed by atoms with van der Waals surface area (Å²) in [7, 11) is 0. The van der Waals surface area contributed by atoms with Crippen molar-refractivity contribution in [2.45, 2.75) is 46.6 Å². The number of hydrogen-bond donors (Lipinski definition) is 2. The Kier molecular flexibility index (Phi) is 6.76. The van der Waals surface area contributed by atoms with Crippen molar-refractivity contribution in [2.24, 2.45) is 17.1 Å². The van der Waals surface area contributed by atoms with Gasteiger partial charge in [-0.1, -0.05) is 51.1 Å². The summed E-state index contributed by atoms with van der Waals surface area (Å²) in [4.78, 5) is 12.2. The summed E-state index contributed by atoms with van der Waals surface area (Å²) < 4.78 is 1.83. The molecule has 0 spiro atoms. The Bertz CT molecular complexity index is 658. The summed E-state index contributed by atoms with van der Waals surface area (Å²) in [5.74, 6) is 0.481. The summed E-state index contributed by atoms with van der Waals surface area (Å²) in [6, 6.07) is 10.1. The van der Waals surface area contributed by atoms with E-state index < -0.39 is 0 Å². The first-order chi connectivity index (χ1) is 11.9. The highest BCUT2D eigenvalue weighted by Crippen LogP contribution is 2.32. The van der Waals surface area contributed by atoms with E-state index in [0.717, 1.165) is 18.5 Å². The van der Waals surface area contributed by atoms with Gasteiger partial charge in [0.2, 0.25) is 5.91 Å². The van der Waals surface area contributed by atoms with E-state index in [9.17, 15) is 4.79 Å². The number of nitrogens with zero attached hydrogens (tertiary/aromatic N) is 2. The van der Waals surface area contributed by atoms with Crippen molar-refractivity contribution >= 4 is 11.6 Å². The number of amides is 1. The molecule has 0 aliphatic heterocycles. The minimum Gasteiger partial charge on any atom is -0.330 e. The van der Waals surface area contributed by atoms with Crippen molar-refractivity contribution in [3.63, 3.8) is 0 Å². The van der Waals surface area contributed by atoms with Gasteiger partial charge in [-0.2, -0.15) is 5.10 Å². The van der Waals surface area contributed by atoms with Crippen LogP contribution in [0.15, 0.2) is 42.7 Å². The zero-order valence-corrected chi connectivity index (χ0v) is 15.5. The van der Waals surface area contributed by atoms with Gasteiger partial charge in [0.15, 0.2) is 0 Å². The maximum atomic E-state index is 12.2. The van der Waals surface area contributed by atoms with Crippen LogP contribution in [0.1, 0.15) is 45.6 Å². The van der Waals surface area contributed by atoms with Crippen LogP contribution in [0.5, 0.6) is 0 Å². The minimum absolute atomic E-state index is 0.0329. The molecule has 5 heteroatoms. The first kappa shape index (κ1) is 19.2. The van der Waals surface area contributed by atoms with E-state index in [0.29, 0.717) is 25.4 Å². The molecule has 3 N–H and O–H groups in total. The number of anilines is 1. The Morgan fingerprint density at radius 3 is 2.60 bits per heavy atom. The second-order valence-corrected chi connectivity index (χ2v) is 7.64. The quantitative estimate of drug-likeness (QED) is 0.769. The third-order valence-electron chi connectivity index (χ3n) is 4.56. The van der Waals surface area contributed by atoms with Crippen LogP contribution in [-0.4, -0.2) is 22.2 Å². The Morgan fingerprint density at radius 2 is 1.96 bits per heavy atom. The number of carbonyl (C=O) groups is 1. The molecule has 2 aromatic rings. The van der Waals surface area contributed by atoms with Crippen LogP contribution in [0.4, 0.5) is 5.69 Å². The van der Waals surface area contributed by atoms with Crippen LogP contribution in [0.25, 0.3) is 0 Å². The Hall–Kier alpha value is -2.14. The Balaban J connectivity index is 1.84. The SMILES string of the molecule is CC(C)(C)C(CCN)CCC(=O)Nc1cnn(Cc2ccccc2)c1. The predicted molar refractivity (Wildman–Crippen MR) is 102 cm³/mol. The number of hydrogen-bond acceptors (Lipinski definition) is 3. The second-order valence-electron chi connectivity index (χ2n) is 7.64. The zero-order valence-electron chi connectivity index (χ0n) is 15.5. The van der Waals surface area contributed by atoms with Gasteiger partial charge >= 0.3 is 0 Å². The van der Waals surface area contributed by atoms with Crippen LogP contribution in [-0.2, 0) is 11.3 Å². The van der Waals surface area contributed by atoms with Crippen LogP contribution in [0.2, 0.25) is 0 Å². The van der Waals surface area contributed by atoms with Gasteiger partial charge in [0.05, 0.1) is 18.4 Å². The monoisotopic (exact) mass is 342 g/mol. The molecule has 0 saturated carbocycles. The van der Waals surface area contributed by atoms with Crippen LogP contribution < -0.4 is 11.1 Å². The van der Waals surface area contributed by atoms with E-state index in [4.69, 9.17) is 5.73 Å². The molecule has 0 bridgehead atoms. The maximum Gasteiger partial charge on any atom is 0.224 e. The Labute approximate surface area is 150 Å². The molecule has 1 heterocycles. The number of aromatic nitrogens is 2. The summed E-state index contributed by atoms with van der Waals surface area (Å²) in [5, 5.41) is 7.26. The molecular weight excluding hydrogens is 312 g/mol. The van der Waals surface area contributed by atoms with Crippen molar-refractivity contribution in [1.29, 1.82) is 0 Å². The van der Waals surface area contributed by atoms with Crippen LogP contribution in [0, 0.1) is 11.3 Å². The number of rotatable bonds is 8. The standard InChI is InChI=1S/C20H30N4O/c1-20(2,3)17(11-12-21)9-10-19(25)23-18-13-22-24(15-18)14-16-7-5-4-6-8-16/h4-8,13,15,17H,9-12,14,21H2,1-3H3,(H,23,25). The average molecular weight is 342 g/mol. The van der Waals surface area contributed by atoms with Crippen molar-refractivity contribution in [2.75, 3.05) is 11.9 Å². The molecule has 0 aliphatic carbocycles. The van der Waals surface area contributed by atoms with E-state index in [-0.39, 0.29) is 11.3 Å². The maximum absolute atomic E-state index is 12.2. The zero-order chi connectivity index (χ0) is 18.3. The summed E-state index contributed by atoms with van der Waals surface area (Å²) in [5.41, 5.74) is 7.80. The van der Waals surface area contributed by atoms with Crippen molar-refractivity contribution in [3.8, 4) is 0 Å². The minimum atomic E-state index is 0.0329. The van der Waals surface area contributed by atoms with Gasteiger partial charge in [0.25, 0.3) is 0 Å². The second kappa shape index (κ2) is 8.81. The molecule has 0 fully saturated rings. The molecule has 2 rings (SSSR count). The fourth-order valence-electron chi connectivity index (χ4n) is 3.03. The van der Waals surface area contributed by atoms with Gasteiger partial charge < -0.3 is 11.1 Å². The van der Waals surface area contributed by atoms with Gasteiger partial charge in [0, 0.05) is 12.6 Å². The number of nitrogens with one attached hydrogen (secondary N) is 1. The number of benzene rings is 1. The van der Waals surface area contributed by atoms with Crippen molar-refractivity contribution < 1.29 is 4.79 Å². The molecule has 0 radical (unpaired) electrons. The lowest BCUT2D eigenvalue weighted by Gasteiger charge is -2.30. The highest BCUT2D eigenvalue weighted by Gasteiger charge is 2.24. The molecular formula is C20H30N4O. The molecule has 25 heavy (non-hydrogen) atoms. The molecule has 1 atom stereocenters. The molecule has 136 valence electrons. The lowest BCUT2D eigenvalue weighted by Crippen LogP contribution is -2.25. The third kappa shape index (κ3) is 6.35. The van der Waals surface area contributed by atoms with Gasteiger partial charge in [-0.25, -0.2) is 0 Å². The van der Waals surface area contributed by atoms with Gasteiger partial charge in [-0.3, -0.25) is 9.48 Å². The molecule has 0 aliphatic rings. The number of nitrogens with two attached hydrogens (primary N) is 1. The highest BCUT2D eigenvalue weighted by molar-refractivity contribution is 5.90. The fourth-order valence-corrected chi connectivity index (χ4v) is 3.03. The van der Waals surface area contributed by atoms with E-state index in [1.54, 1.807) is 6.20 Å². The average Bonchev–Trinajstić information content (AvgIpc) is 2.98. The van der Waals surface area contributed by atoms with Gasteiger partial charge in [-0.05, 0) is 36.3 Å². The summed E-state index contributed by atoms with van der Waals surface area (Å²) in [6.07, 6.45) is 5.87. The highest BCUT2D eigenvalue weighted by atomic mass is 16.1. The first-order valence-corrected chi connectivity index (χ1v) is 8.95. The molecule has 1 aromatic heterocycles. The summed E-state index contributed by atoms with van der Waals surface area (Å²) in [6.45, 7) is 7.98. The Morgan fingerprint density at radius 1 is 1.24 bits per heavy atom. The lowest BCUT2D eigenvalue weighted by molar-refractivity contribution is -0.116.